The molecule has 1 aromatic heterocycles. The number of hydrogen-bond acceptors (Lipinski definition) is 1. The highest BCUT2D eigenvalue weighted by Gasteiger charge is 2.08. The third kappa shape index (κ3) is 3.65. The molecular formula is C21H20FN. The van der Waals surface area contributed by atoms with Gasteiger partial charge in [-0.3, -0.25) is 4.98 Å². The van der Waals surface area contributed by atoms with Crippen molar-refractivity contribution in [3.05, 3.63) is 78.2 Å². The van der Waals surface area contributed by atoms with E-state index < -0.39 is 18.6 Å². The van der Waals surface area contributed by atoms with E-state index in [2.05, 4.69) is 4.98 Å². The number of pyridine rings is 1. The van der Waals surface area contributed by atoms with Crippen LogP contribution in [0.25, 0.3) is 22.4 Å². The van der Waals surface area contributed by atoms with Gasteiger partial charge in [0, 0.05) is 22.8 Å². The number of hydrogen-bond donors (Lipinski definition) is 0. The van der Waals surface area contributed by atoms with E-state index in [0.29, 0.717) is 0 Å². The zero-order valence-electron chi connectivity index (χ0n) is 16.9. The average molecular weight is 309 g/mol. The second-order valence-corrected chi connectivity index (χ2v) is 5.56. The Kier molecular flexibility index (Phi) is 3.26. The van der Waals surface area contributed by atoms with Crippen LogP contribution in [-0.2, 0) is 6.42 Å². The first-order valence-electron chi connectivity index (χ1n) is 9.48. The average Bonchev–Trinajstić information content (AvgIpc) is 2.63. The molecule has 0 spiro atoms. The van der Waals surface area contributed by atoms with Crippen molar-refractivity contribution < 1.29 is 9.87 Å². The lowest BCUT2D eigenvalue weighted by Gasteiger charge is -2.09. The monoisotopic (exact) mass is 309 g/mol. The molecular weight excluding hydrogens is 285 g/mol. The van der Waals surface area contributed by atoms with Crippen molar-refractivity contribution in [2.45, 2.75) is 20.2 Å². The Morgan fingerprint density at radius 3 is 2.52 bits per heavy atom. The van der Waals surface area contributed by atoms with Gasteiger partial charge in [0.25, 0.3) is 0 Å². The van der Waals surface area contributed by atoms with Gasteiger partial charge in [-0.2, -0.15) is 0 Å². The van der Waals surface area contributed by atoms with Gasteiger partial charge in [0.15, 0.2) is 0 Å². The second kappa shape index (κ2) is 6.74. The zero-order chi connectivity index (χ0) is 19.7. The molecule has 3 aromatic rings. The smallest absolute Gasteiger partial charge is 0.126 e. The largest absolute Gasteiger partial charge is 0.256 e. The fourth-order valence-electron chi connectivity index (χ4n) is 2.52. The summed E-state index contributed by atoms with van der Waals surface area (Å²) in [5.41, 5.74) is 3.60. The highest BCUT2D eigenvalue weighted by Crippen LogP contribution is 2.25. The fraction of sp³-hybridized carbons (Fsp3) is 0.190. The Morgan fingerprint density at radius 2 is 1.83 bits per heavy atom. The predicted octanol–water partition coefficient (Wildman–Crippen LogP) is 5.75. The first-order chi connectivity index (χ1) is 12.7. The highest BCUT2D eigenvalue weighted by molar-refractivity contribution is 5.67. The first-order valence-corrected chi connectivity index (χ1v) is 7.48. The Labute approximate surface area is 142 Å². The third-order valence-electron chi connectivity index (χ3n) is 3.67. The van der Waals surface area contributed by atoms with Gasteiger partial charge in [0.1, 0.15) is 5.82 Å². The molecule has 116 valence electrons. The number of rotatable bonds is 4. The van der Waals surface area contributed by atoms with Crippen molar-refractivity contribution in [2.24, 2.45) is 5.89 Å². The molecule has 0 saturated carbocycles. The standard InChI is InChI=1S/C21H20FN/c1-15(2)12-19-13-17(8-10-20(19)22)18-9-11-21(23-14-18)16-6-4-3-5-7-16/h3-11,13-15H,12H2,1-2H3/i1D3,15D. The summed E-state index contributed by atoms with van der Waals surface area (Å²) in [6.45, 7) is -1.18. The maximum absolute atomic E-state index is 14.2. The molecule has 3 rings (SSSR count). The van der Waals surface area contributed by atoms with Gasteiger partial charge in [-0.25, -0.2) is 4.39 Å². The van der Waals surface area contributed by atoms with E-state index in [1.165, 1.54) is 13.0 Å². The van der Waals surface area contributed by atoms with E-state index in [9.17, 15) is 4.39 Å². The van der Waals surface area contributed by atoms with Gasteiger partial charge in [-0.15, -0.1) is 0 Å². The highest BCUT2D eigenvalue weighted by atomic mass is 19.1. The zero-order valence-corrected chi connectivity index (χ0v) is 12.9. The van der Waals surface area contributed by atoms with Crippen molar-refractivity contribution in [1.82, 2.24) is 4.98 Å². The molecule has 0 radical (unpaired) electrons. The van der Waals surface area contributed by atoms with Crippen molar-refractivity contribution in [1.29, 1.82) is 0 Å². The molecule has 23 heavy (non-hydrogen) atoms. The van der Waals surface area contributed by atoms with Crippen LogP contribution in [0.3, 0.4) is 0 Å². The molecule has 2 heteroatoms. The first kappa shape index (κ1) is 11.1. The number of aromatic nitrogens is 1. The Balaban J connectivity index is 1.90. The maximum atomic E-state index is 14.2. The molecule has 1 heterocycles. The minimum absolute atomic E-state index is 0.196. The lowest BCUT2D eigenvalue weighted by molar-refractivity contribution is 0.574. The van der Waals surface area contributed by atoms with Gasteiger partial charge < -0.3 is 0 Å². The molecule has 1 unspecified atom stereocenters. The summed E-state index contributed by atoms with van der Waals surface area (Å²) in [6, 6.07) is 18.1. The van der Waals surface area contributed by atoms with Gasteiger partial charge in [-0.05, 0) is 41.6 Å². The summed E-state index contributed by atoms with van der Waals surface area (Å²) >= 11 is 0. The SMILES string of the molecule is [2H]C([2H])([2H])C([2H])(C)Cc1cc(-c2ccc(-c3ccccc3)nc2)ccc1F. The third-order valence-corrected chi connectivity index (χ3v) is 3.67. The van der Waals surface area contributed by atoms with E-state index in [1.807, 2.05) is 42.5 Å². The van der Waals surface area contributed by atoms with Crippen molar-refractivity contribution >= 4 is 0 Å². The van der Waals surface area contributed by atoms with Gasteiger partial charge in [0.2, 0.25) is 0 Å². The van der Waals surface area contributed by atoms with Crippen LogP contribution < -0.4 is 0 Å². The fourth-order valence-corrected chi connectivity index (χ4v) is 2.52. The number of halogens is 1. The van der Waals surface area contributed by atoms with Crippen molar-refractivity contribution in [2.75, 3.05) is 0 Å². The quantitative estimate of drug-likeness (QED) is 0.597. The van der Waals surface area contributed by atoms with Crippen LogP contribution in [0.2, 0.25) is 0 Å². The van der Waals surface area contributed by atoms with Crippen molar-refractivity contribution in [3.8, 4) is 22.4 Å². The molecule has 1 atom stereocenters. The summed E-state index contributed by atoms with van der Waals surface area (Å²) < 4.78 is 44.7. The van der Waals surface area contributed by atoms with Crippen LogP contribution in [0.15, 0.2) is 66.9 Å². The molecule has 2 aromatic carbocycles. The molecule has 0 aliphatic heterocycles. The Hall–Kier alpha value is -2.48. The van der Waals surface area contributed by atoms with E-state index in [4.69, 9.17) is 5.48 Å². The summed E-state index contributed by atoms with van der Waals surface area (Å²) in [7, 11) is 0. The van der Waals surface area contributed by atoms with E-state index >= 15 is 0 Å². The van der Waals surface area contributed by atoms with Gasteiger partial charge in [0.05, 0.1) is 5.69 Å². The van der Waals surface area contributed by atoms with E-state index in [-0.39, 0.29) is 12.0 Å². The second-order valence-electron chi connectivity index (χ2n) is 5.56. The topological polar surface area (TPSA) is 12.9 Å². The molecule has 0 bridgehead atoms. The van der Waals surface area contributed by atoms with Crippen LogP contribution >= 0.6 is 0 Å². The lowest BCUT2D eigenvalue weighted by atomic mass is 9.98. The van der Waals surface area contributed by atoms with E-state index in [0.717, 1.165) is 22.4 Å². The van der Waals surface area contributed by atoms with Crippen LogP contribution in [0.1, 0.15) is 24.8 Å². The summed E-state index contributed by atoms with van der Waals surface area (Å²) in [5, 5.41) is 0. The predicted molar refractivity (Wildman–Crippen MR) is 93.6 cm³/mol. The number of nitrogens with zero attached hydrogens (tertiary/aromatic N) is 1. The van der Waals surface area contributed by atoms with Crippen LogP contribution in [0, 0.1) is 11.7 Å². The van der Waals surface area contributed by atoms with E-state index in [1.54, 1.807) is 18.3 Å². The maximum Gasteiger partial charge on any atom is 0.126 e. The minimum Gasteiger partial charge on any atom is -0.256 e. The number of benzene rings is 2. The molecule has 0 aliphatic rings. The lowest BCUT2D eigenvalue weighted by Crippen LogP contribution is -1.98. The molecule has 0 saturated heterocycles. The minimum atomic E-state index is -2.49. The van der Waals surface area contributed by atoms with Gasteiger partial charge in [-0.1, -0.05) is 56.2 Å². The summed E-state index contributed by atoms with van der Waals surface area (Å²) in [6.07, 6.45) is 1.52. The van der Waals surface area contributed by atoms with Crippen molar-refractivity contribution in [3.63, 3.8) is 0 Å². The van der Waals surface area contributed by atoms with Crippen LogP contribution in [0.4, 0.5) is 4.39 Å². The normalized spacial score (nSPS) is 16.6. The molecule has 0 amide bonds. The van der Waals surface area contributed by atoms with Crippen LogP contribution in [-0.4, -0.2) is 4.98 Å². The Morgan fingerprint density at radius 1 is 1.04 bits per heavy atom. The van der Waals surface area contributed by atoms with Crippen LogP contribution in [0.5, 0.6) is 0 Å². The molecule has 0 N–H and O–H groups in total. The summed E-state index contributed by atoms with van der Waals surface area (Å²) in [5.74, 6) is -2.27. The molecule has 0 fully saturated rings. The molecule has 0 aliphatic carbocycles. The summed E-state index contributed by atoms with van der Waals surface area (Å²) in [4.78, 5) is 4.47. The molecule has 1 nitrogen and oxygen atoms in total. The Bertz CT molecular complexity index is 919. The van der Waals surface area contributed by atoms with Gasteiger partial charge >= 0.3 is 0 Å².